The second-order valence-electron chi connectivity index (χ2n) is 30.5. The van der Waals surface area contributed by atoms with Crippen molar-refractivity contribution >= 4 is 23.3 Å². The number of piperidine rings is 1. The van der Waals surface area contributed by atoms with E-state index in [9.17, 15) is 23.6 Å². The molecule has 0 bridgehead atoms. The molecule has 0 radical (unpaired) electrons. The van der Waals surface area contributed by atoms with Crippen LogP contribution in [0.2, 0.25) is 0 Å². The zero-order valence-electron chi connectivity index (χ0n) is 54.4. The van der Waals surface area contributed by atoms with E-state index >= 15 is 4.39 Å². The van der Waals surface area contributed by atoms with Crippen molar-refractivity contribution in [1.82, 2.24) is 40.1 Å². The van der Waals surface area contributed by atoms with Gasteiger partial charge in [-0.2, -0.15) is 0 Å². The number of ketones is 1. The van der Waals surface area contributed by atoms with Gasteiger partial charge in [0.05, 0.1) is 56.9 Å². The summed E-state index contributed by atoms with van der Waals surface area (Å²) in [5.74, 6) is 2.15. The number of morpholine rings is 1. The summed E-state index contributed by atoms with van der Waals surface area (Å²) in [6, 6.07) is 2.72. The lowest BCUT2D eigenvalue weighted by molar-refractivity contribution is -0.131. The Morgan fingerprint density at radius 3 is 2.05 bits per heavy atom. The average Bonchev–Trinajstić information content (AvgIpc) is 1.68. The third kappa shape index (κ3) is 15.6. The number of H-pyrrole nitrogens is 1. The van der Waals surface area contributed by atoms with Gasteiger partial charge >= 0.3 is 0 Å². The van der Waals surface area contributed by atoms with E-state index in [2.05, 4.69) is 96.7 Å². The molecule has 11 rings (SSSR count). The summed E-state index contributed by atoms with van der Waals surface area (Å²) in [5.41, 5.74) is 4.62. The number of pyridine rings is 1. The van der Waals surface area contributed by atoms with Gasteiger partial charge in [-0.1, -0.05) is 54.4 Å². The Morgan fingerprint density at radius 2 is 1.36 bits per heavy atom. The number of piperazine rings is 2. The van der Waals surface area contributed by atoms with Gasteiger partial charge < -0.3 is 44.5 Å². The first kappa shape index (κ1) is 65.0. The number of ether oxygens (including phenoxy) is 3. The molecule has 4 saturated heterocycles. The predicted molar refractivity (Wildman–Crippen MR) is 337 cm³/mol. The molecule has 10 aliphatic rings. The largest absolute Gasteiger partial charge is 0.375 e. The fraction of sp³-hybridized carbons (Fsp3) is 0.826. The van der Waals surface area contributed by atoms with Crippen molar-refractivity contribution in [1.29, 1.82) is 0 Å². The lowest BCUT2D eigenvalue weighted by Crippen LogP contribution is -2.61. The number of fused-ring (bicyclic) bond motifs is 1. The molecular weight excluding hydrogens is 1100 g/mol. The van der Waals surface area contributed by atoms with Crippen LogP contribution in [0.15, 0.2) is 33.8 Å². The van der Waals surface area contributed by atoms with E-state index in [1.165, 1.54) is 25.7 Å². The number of aromatic amines is 1. The van der Waals surface area contributed by atoms with Gasteiger partial charge in [-0.15, -0.1) is 0 Å². The lowest BCUT2D eigenvalue weighted by Gasteiger charge is -2.43. The first-order valence-corrected chi connectivity index (χ1v) is 34.6. The molecular formula is C69H109F2N9O7. The highest BCUT2D eigenvalue weighted by Gasteiger charge is 2.48. The standard InChI is InChI=1S/C69H109F2N9O7/c1-9-57-64-59(27-50(65(57)83)25-47-14-12-44(2)13-15-47)79(42-68(64,5)6)62(81)38-77-32-45(3)72-30-53(77)35-75-22-10-11-49(34-75)40-87-61-29-55(20-21-58(61)71)86-41-56-37-76(23-24-85-56)36-54-31-73-46(4)33-78(54)39-63(82)80-43-69(7,8)66-60(80)28-51(67(84)74-66)26-48-16-18-52(70)19-17-48/h27-28,44-49,52-58,61,72-73H,9-26,29-43H2,1-8H3,(H,74,84)/t44?,45-,46-,47?,48?,49+,52?,53?,54?,55?,56+,57?,58?,61?/m1/s1. The van der Waals surface area contributed by atoms with Crippen molar-refractivity contribution in [3.8, 4) is 0 Å². The van der Waals surface area contributed by atoms with Crippen molar-refractivity contribution < 1.29 is 37.4 Å². The molecule has 87 heavy (non-hydrogen) atoms. The minimum atomic E-state index is -1.03. The van der Waals surface area contributed by atoms with E-state index in [1.807, 2.05) is 15.9 Å². The van der Waals surface area contributed by atoms with E-state index in [1.54, 1.807) is 0 Å². The van der Waals surface area contributed by atoms with Crippen molar-refractivity contribution in [3.63, 3.8) is 0 Å². The molecule has 2 amide bonds. The molecule has 10 atom stereocenters. The smallest absolute Gasteiger partial charge is 0.251 e. The molecule has 6 unspecified atom stereocenters. The summed E-state index contributed by atoms with van der Waals surface area (Å²) in [4.78, 5) is 73.6. The van der Waals surface area contributed by atoms with Crippen molar-refractivity contribution in [2.75, 3.05) is 116 Å². The number of likely N-dealkylation sites (tertiary alicyclic amines) is 1. The Morgan fingerprint density at radius 1 is 0.713 bits per heavy atom. The third-order valence-electron chi connectivity index (χ3n) is 22.3. The number of rotatable bonds is 19. The lowest BCUT2D eigenvalue weighted by atomic mass is 9.70. The van der Waals surface area contributed by atoms with Crippen LogP contribution in [0.4, 0.5) is 14.5 Å². The number of aromatic nitrogens is 1. The number of halogens is 2. The van der Waals surface area contributed by atoms with Crippen molar-refractivity contribution in [2.45, 2.75) is 218 Å². The van der Waals surface area contributed by atoms with Gasteiger partial charge in [-0.05, 0) is 151 Å². The summed E-state index contributed by atoms with van der Waals surface area (Å²) in [6.07, 6.45) is 13.0. The quantitative estimate of drug-likeness (QED) is 0.123. The first-order chi connectivity index (χ1) is 41.7. The number of hydrogen-bond donors (Lipinski definition) is 3. The maximum absolute atomic E-state index is 15.7. The summed E-state index contributed by atoms with van der Waals surface area (Å²) in [6.45, 7) is 28.8. The maximum Gasteiger partial charge on any atom is 0.251 e. The number of nitrogens with zero attached hydrogens (tertiary/aromatic N) is 6. The summed E-state index contributed by atoms with van der Waals surface area (Å²) in [7, 11) is 0. The Labute approximate surface area is 519 Å². The van der Waals surface area contributed by atoms with Crippen molar-refractivity contribution in [3.05, 3.63) is 50.6 Å². The Bertz CT molecular complexity index is 2690. The molecule has 4 aliphatic carbocycles. The number of alkyl halides is 2. The minimum absolute atomic E-state index is 0.0334. The van der Waals surface area contributed by atoms with Crippen molar-refractivity contribution in [2.24, 2.45) is 35.0 Å². The maximum atomic E-state index is 15.7. The van der Waals surface area contributed by atoms with Gasteiger partial charge in [0, 0.05) is 136 Å². The van der Waals surface area contributed by atoms with Crippen LogP contribution in [0.5, 0.6) is 0 Å². The number of Topliss-reactive ketones (excluding diaryl/α,β-unsaturated/α-hetero) is 1. The highest BCUT2D eigenvalue weighted by molar-refractivity contribution is 6.02. The second-order valence-corrected chi connectivity index (χ2v) is 30.5. The third-order valence-corrected chi connectivity index (χ3v) is 22.3. The molecule has 0 aromatic carbocycles. The number of anilines is 1. The van der Waals surface area contributed by atoms with E-state index in [0.29, 0.717) is 102 Å². The highest BCUT2D eigenvalue weighted by atomic mass is 19.1. The summed E-state index contributed by atoms with van der Waals surface area (Å²) in [5, 5.41) is 7.39. The van der Waals surface area contributed by atoms with Gasteiger partial charge in [0.2, 0.25) is 11.8 Å². The number of allylic oxidation sites excluding steroid dienone is 2. The number of nitrogens with one attached hydrogen (secondary N) is 3. The van der Waals surface area contributed by atoms with Gasteiger partial charge in [0.25, 0.3) is 5.56 Å². The van der Waals surface area contributed by atoms with Crippen LogP contribution in [0.3, 0.4) is 0 Å². The fourth-order valence-electron chi connectivity index (χ4n) is 17.2. The van der Waals surface area contributed by atoms with Crippen LogP contribution in [0.25, 0.3) is 0 Å². The molecule has 3 saturated carbocycles. The SMILES string of the molecule is CCC1C(=O)C(CC2CCC(C)CC2)=CC2=C1C(C)(C)CN2C(=O)CN1C[C@@H](C)NCC1CN1CCC[C@H](COC2CC(OC[C@@H]3CN(CC4CN[C@H](C)CN4CC(=O)N4CC(C)(C)c5[nH]c(=O)c(CC6CCC(F)CC6)cc54)CCO3)CCC2F)C1. The number of amides is 2. The molecule has 7 fully saturated rings. The molecule has 16 nitrogen and oxygen atoms in total. The van der Waals surface area contributed by atoms with Crippen LogP contribution >= 0.6 is 0 Å². The van der Waals surface area contributed by atoms with Crippen LogP contribution in [-0.2, 0) is 40.4 Å². The Kier molecular flexibility index (Phi) is 21.1. The van der Waals surface area contributed by atoms with E-state index in [0.717, 1.165) is 132 Å². The minimum Gasteiger partial charge on any atom is -0.375 e. The molecule has 1 aromatic heterocycles. The predicted octanol–water partition coefficient (Wildman–Crippen LogP) is 7.97. The topological polar surface area (TPSA) is 155 Å². The second kappa shape index (κ2) is 28.2. The molecule has 486 valence electrons. The van der Waals surface area contributed by atoms with Crippen LogP contribution in [0.1, 0.15) is 163 Å². The average molecular weight is 1210 g/mol. The van der Waals surface area contributed by atoms with Gasteiger partial charge in [-0.3, -0.25) is 33.9 Å². The molecule has 18 heteroatoms. The summed E-state index contributed by atoms with van der Waals surface area (Å²) < 4.78 is 49.1. The Hall–Kier alpha value is -3.46. The van der Waals surface area contributed by atoms with Gasteiger partial charge in [0.1, 0.15) is 12.3 Å². The highest BCUT2D eigenvalue weighted by Crippen LogP contribution is 2.49. The number of carbonyl (C=O) groups is 3. The number of carbonyl (C=O) groups excluding carboxylic acids is 3. The monoisotopic (exact) mass is 1210 g/mol. The van der Waals surface area contributed by atoms with Gasteiger partial charge in [0.15, 0.2) is 5.78 Å². The normalized spacial score (nSPS) is 35.6. The van der Waals surface area contributed by atoms with Crippen LogP contribution in [-0.4, -0.2) is 213 Å². The zero-order chi connectivity index (χ0) is 61.3. The molecule has 7 heterocycles. The van der Waals surface area contributed by atoms with Gasteiger partial charge in [-0.25, -0.2) is 8.78 Å². The zero-order valence-corrected chi connectivity index (χ0v) is 54.4. The summed E-state index contributed by atoms with van der Waals surface area (Å²) >= 11 is 0. The first-order valence-electron chi connectivity index (χ1n) is 34.6. The molecule has 6 aliphatic heterocycles. The van der Waals surface area contributed by atoms with Crippen LogP contribution < -0.4 is 21.1 Å². The Balaban J connectivity index is 0.639. The van der Waals surface area contributed by atoms with E-state index in [-0.39, 0.29) is 83.3 Å². The fourth-order valence-corrected chi connectivity index (χ4v) is 17.2. The van der Waals surface area contributed by atoms with E-state index in [4.69, 9.17) is 14.2 Å². The molecule has 0 spiro atoms. The number of hydrogen-bond acceptors (Lipinski definition) is 13. The molecule has 1 aromatic rings. The van der Waals surface area contributed by atoms with Crippen LogP contribution in [0, 0.1) is 35.0 Å². The van der Waals surface area contributed by atoms with E-state index < -0.39 is 23.9 Å². The molecule has 3 N–H and O–H groups in total.